The summed E-state index contributed by atoms with van der Waals surface area (Å²) < 4.78 is 33.3. The van der Waals surface area contributed by atoms with Crippen LogP contribution in [0.5, 0.6) is 0 Å². The number of aryl methyl sites for hydroxylation is 1. The van der Waals surface area contributed by atoms with Crippen molar-refractivity contribution >= 4 is 15.9 Å². The number of sulfonamides is 1. The average Bonchev–Trinajstić information content (AvgIpc) is 2.67. The molecule has 2 bridgehead atoms. The molecule has 8 nitrogen and oxygen atoms in total. The Morgan fingerprint density at radius 3 is 2.52 bits per heavy atom. The van der Waals surface area contributed by atoms with Gasteiger partial charge in [-0.3, -0.25) is 9.78 Å². The van der Waals surface area contributed by atoms with Gasteiger partial charge < -0.3 is 9.64 Å². The number of hydrogen-bond acceptors (Lipinski definition) is 6. The van der Waals surface area contributed by atoms with Gasteiger partial charge in [-0.1, -0.05) is 12.1 Å². The Morgan fingerprint density at radius 2 is 1.89 bits per heavy atom. The maximum atomic E-state index is 13.0. The summed E-state index contributed by atoms with van der Waals surface area (Å²) in [6.45, 7) is 2.95. The van der Waals surface area contributed by atoms with Crippen LogP contribution in [-0.4, -0.2) is 71.9 Å². The van der Waals surface area contributed by atoms with Crippen LogP contribution in [0.15, 0.2) is 47.8 Å². The minimum atomic E-state index is -3.59. The van der Waals surface area contributed by atoms with Crippen LogP contribution in [0.4, 0.5) is 0 Å². The number of aromatic nitrogens is 2. The second-order valence-corrected chi connectivity index (χ2v) is 8.76. The van der Waals surface area contributed by atoms with Gasteiger partial charge in [-0.05, 0) is 24.6 Å². The van der Waals surface area contributed by atoms with Crippen molar-refractivity contribution in [2.45, 2.75) is 24.0 Å². The van der Waals surface area contributed by atoms with Crippen molar-refractivity contribution in [3.63, 3.8) is 0 Å². The number of nitrogens with zero attached hydrogens (tertiary/aromatic N) is 4. The van der Waals surface area contributed by atoms with Gasteiger partial charge in [0.2, 0.25) is 10.0 Å². The van der Waals surface area contributed by atoms with Gasteiger partial charge >= 0.3 is 0 Å². The van der Waals surface area contributed by atoms with Gasteiger partial charge in [0.1, 0.15) is 5.69 Å². The number of benzene rings is 1. The molecule has 142 valence electrons. The first kappa shape index (κ1) is 18.0. The first-order valence-electron chi connectivity index (χ1n) is 8.71. The zero-order valence-corrected chi connectivity index (χ0v) is 15.7. The molecule has 2 aliphatic heterocycles. The van der Waals surface area contributed by atoms with E-state index in [9.17, 15) is 13.2 Å². The highest BCUT2D eigenvalue weighted by molar-refractivity contribution is 7.89. The van der Waals surface area contributed by atoms with Crippen molar-refractivity contribution < 1.29 is 17.9 Å². The molecule has 2 fully saturated rings. The first-order chi connectivity index (χ1) is 12.9. The third kappa shape index (κ3) is 3.58. The summed E-state index contributed by atoms with van der Waals surface area (Å²) in [5.74, 6) is -0.212. The molecule has 3 heterocycles. The lowest BCUT2D eigenvalue weighted by Gasteiger charge is -2.45. The molecule has 1 amide bonds. The van der Waals surface area contributed by atoms with Crippen LogP contribution >= 0.6 is 0 Å². The highest BCUT2D eigenvalue weighted by Crippen LogP contribution is 2.25. The van der Waals surface area contributed by atoms with E-state index in [0.29, 0.717) is 13.1 Å². The van der Waals surface area contributed by atoms with Gasteiger partial charge in [-0.25, -0.2) is 13.4 Å². The normalized spacial score (nSPS) is 23.2. The maximum Gasteiger partial charge on any atom is 0.274 e. The van der Waals surface area contributed by atoms with E-state index in [1.807, 2.05) is 13.0 Å². The van der Waals surface area contributed by atoms with Crippen LogP contribution in [0.3, 0.4) is 0 Å². The van der Waals surface area contributed by atoms with Crippen LogP contribution in [0.1, 0.15) is 16.1 Å². The summed E-state index contributed by atoms with van der Waals surface area (Å²) in [5, 5.41) is 0. The Labute approximate surface area is 157 Å². The lowest BCUT2D eigenvalue weighted by molar-refractivity contribution is -0.113. The molecule has 0 spiro atoms. The standard InChI is InChI=1S/C18H20N4O4S/c1-13-3-2-4-16(7-13)27(24,25)22-11-14-9-21(10-15(12-22)26-14)18(23)17-8-19-5-6-20-17/h2-8,14-15H,9-12H2,1H3. The Balaban J connectivity index is 1.50. The first-order valence-corrected chi connectivity index (χ1v) is 10.1. The summed E-state index contributed by atoms with van der Waals surface area (Å²) in [5.41, 5.74) is 1.17. The number of fused-ring (bicyclic) bond motifs is 2. The van der Waals surface area contributed by atoms with E-state index >= 15 is 0 Å². The van der Waals surface area contributed by atoms with Crippen molar-refractivity contribution in [2.75, 3.05) is 26.2 Å². The molecule has 2 aromatic rings. The van der Waals surface area contributed by atoms with E-state index in [0.717, 1.165) is 5.56 Å². The zero-order chi connectivity index (χ0) is 19.0. The van der Waals surface area contributed by atoms with Crippen molar-refractivity contribution in [3.05, 3.63) is 54.1 Å². The number of ether oxygens (including phenoxy) is 1. The summed E-state index contributed by atoms with van der Waals surface area (Å²) in [6, 6.07) is 6.88. The number of carbonyl (C=O) groups excluding carboxylic acids is 1. The summed E-state index contributed by atoms with van der Waals surface area (Å²) in [6.07, 6.45) is 3.70. The molecule has 2 unspecified atom stereocenters. The Bertz CT molecular complexity index is 937. The van der Waals surface area contributed by atoms with E-state index < -0.39 is 10.0 Å². The highest BCUT2D eigenvalue weighted by Gasteiger charge is 2.41. The smallest absolute Gasteiger partial charge is 0.274 e. The summed E-state index contributed by atoms with van der Waals surface area (Å²) in [7, 11) is -3.59. The monoisotopic (exact) mass is 388 g/mol. The summed E-state index contributed by atoms with van der Waals surface area (Å²) >= 11 is 0. The summed E-state index contributed by atoms with van der Waals surface area (Å²) in [4.78, 5) is 22.5. The molecular formula is C18H20N4O4S. The minimum Gasteiger partial charge on any atom is -0.369 e. The molecular weight excluding hydrogens is 368 g/mol. The molecule has 1 aromatic heterocycles. The molecule has 9 heteroatoms. The molecule has 27 heavy (non-hydrogen) atoms. The predicted octanol–water partition coefficient (Wildman–Crippen LogP) is 0.699. The topological polar surface area (TPSA) is 92.7 Å². The minimum absolute atomic E-state index is 0.212. The number of carbonyl (C=O) groups is 1. The largest absolute Gasteiger partial charge is 0.369 e. The fourth-order valence-corrected chi connectivity index (χ4v) is 5.12. The van der Waals surface area contributed by atoms with Crippen LogP contribution < -0.4 is 0 Å². The predicted molar refractivity (Wildman–Crippen MR) is 96.5 cm³/mol. The SMILES string of the molecule is Cc1cccc(S(=O)(=O)N2CC3CN(C(=O)c4cnccn4)CC(C2)O3)c1. The van der Waals surface area contributed by atoms with E-state index in [-0.39, 0.29) is 41.8 Å². The third-order valence-electron chi connectivity index (χ3n) is 4.74. The van der Waals surface area contributed by atoms with Gasteiger partial charge in [0, 0.05) is 38.6 Å². The fourth-order valence-electron chi connectivity index (χ4n) is 3.51. The van der Waals surface area contributed by atoms with Gasteiger partial charge in [-0.2, -0.15) is 4.31 Å². The van der Waals surface area contributed by atoms with Gasteiger partial charge in [-0.15, -0.1) is 0 Å². The molecule has 4 rings (SSSR count). The van der Waals surface area contributed by atoms with E-state index in [2.05, 4.69) is 9.97 Å². The van der Waals surface area contributed by atoms with Crippen LogP contribution in [-0.2, 0) is 14.8 Å². The number of amides is 1. The Morgan fingerprint density at radius 1 is 1.15 bits per heavy atom. The molecule has 2 aliphatic rings. The van der Waals surface area contributed by atoms with E-state index in [1.54, 1.807) is 23.1 Å². The van der Waals surface area contributed by atoms with Crippen molar-refractivity contribution in [3.8, 4) is 0 Å². The highest BCUT2D eigenvalue weighted by atomic mass is 32.2. The molecule has 0 aliphatic carbocycles. The molecule has 0 N–H and O–H groups in total. The lowest BCUT2D eigenvalue weighted by Crippen LogP contribution is -2.61. The molecule has 0 saturated carbocycles. The Hall–Kier alpha value is -2.36. The van der Waals surface area contributed by atoms with E-state index in [4.69, 9.17) is 4.74 Å². The maximum absolute atomic E-state index is 13.0. The van der Waals surface area contributed by atoms with Crippen molar-refractivity contribution in [1.82, 2.24) is 19.2 Å². The fraction of sp³-hybridized carbons (Fsp3) is 0.389. The average molecular weight is 388 g/mol. The number of rotatable bonds is 3. The molecule has 2 atom stereocenters. The number of hydrogen-bond donors (Lipinski definition) is 0. The molecule has 1 aromatic carbocycles. The van der Waals surface area contributed by atoms with Crippen molar-refractivity contribution in [2.24, 2.45) is 0 Å². The third-order valence-corrected chi connectivity index (χ3v) is 6.57. The molecule has 2 saturated heterocycles. The van der Waals surface area contributed by atoms with Gasteiger partial charge in [0.25, 0.3) is 5.91 Å². The zero-order valence-electron chi connectivity index (χ0n) is 14.9. The van der Waals surface area contributed by atoms with Crippen LogP contribution in [0, 0.1) is 6.92 Å². The molecule has 0 radical (unpaired) electrons. The van der Waals surface area contributed by atoms with Crippen molar-refractivity contribution in [1.29, 1.82) is 0 Å². The van der Waals surface area contributed by atoms with Gasteiger partial charge in [0.15, 0.2) is 0 Å². The van der Waals surface area contributed by atoms with Gasteiger partial charge in [0.05, 0.1) is 23.3 Å². The quantitative estimate of drug-likeness (QED) is 0.769. The second-order valence-electron chi connectivity index (χ2n) is 6.82. The number of morpholine rings is 2. The Kier molecular flexibility index (Phi) is 4.67. The van der Waals surface area contributed by atoms with Crippen LogP contribution in [0.25, 0.3) is 0 Å². The van der Waals surface area contributed by atoms with Crippen LogP contribution in [0.2, 0.25) is 0 Å². The lowest BCUT2D eigenvalue weighted by atomic mass is 10.1. The second kappa shape index (κ2) is 6.99. The van der Waals surface area contributed by atoms with E-state index in [1.165, 1.54) is 22.9 Å².